The summed E-state index contributed by atoms with van der Waals surface area (Å²) in [5, 5.41) is 14.3. The van der Waals surface area contributed by atoms with Crippen molar-refractivity contribution in [2.24, 2.45) is 7.05 Å². The van der Waals surface area contributed by atoms with Crippen LogP contribution in [0.3, 0.4) is 0 Å². The van der Waals surface area contributed by atoms with E-state index in [4.69, 9.17) is 4.74 Å². The van der Waals surface area contributed by atoms with Gasteiger partial charge in [0.05, 0.1) is 44.3 Å². The van der Waals surface area contributed by atoms with Gasteiger partial charge >= 0.3 is 0 Å². The zero-order valence-electron chi connectivity index (χ0n) is 12.3. The second-order valence-electron chi connectivity index (χ2n) is 4.91. The van der Waals surface area contributed by atoms with Crippen molar-refractivity contribution in [3.63, 3.8) is 0 Å². The number of nitrogens with one attached hydrogen (secondary N) is 1. The van der Waals surface area contributed by atoms with Crippen LogP contribution in [0.1, 0.15) is 16.2 Å². The van der Waals surface area contributed by atoms with Crippen LogP contribution in [-0.2, 0) is 18.3 Å². The number of rotatable bonds is 4. The summed E-state index contributed by atoms with van der Waals surface area (Å²) in [7, 11) is 1.67. The van der Waals surface area contributed by atoms with Crippen molar-refractivity contribution in [3.8, 4) is 0 Å². The van der Waals surface area contributed by atoms with E-state index in [2.05, 4.69) is 30.6 Å². The number of hydrogen-bond donors (Lipinski definition) is 1. The quantitative estimate of drug-likeness (QED) is 0.803. The largest absolute Gasteiger partial charge is 0.378 e. The third-order valence-electron chi connectivity index (χ3n) is 3.32. The summed E-state index contributed by atoms with van der Waals surface area (Å²) in [5.41, 5.74) is 1.43. The Morgan fingerprint density at radius 2 is 2.18 bits per heavy atom. The lowest BCUT2D eigenvalue weighted by atomic mass is 10.2. The number of morpholine rings is 1. The summed E-state index contributed by atoms with van der Waals surface area (Å²) in [6.45, 7) is 3.21. The number of carbonyl (C=O) groups excluding carboxylic acids is 1. The number of ether oxygens (including phenoxy) is 1. The fourth-order valence-electron chi connectivity index (χ4n) is 2.20. The molecule has 9 heteroatoms. The van der Waals surface area contributed by atoms with Gasteiger partial charge in [-0.2, -0.15) is 4.80 Å². The third-order valence-corrected chi connectivity index (χ3v) is 3.32. The predicted octanol–water partition coefficient (Wildman–Crippen LogP) is -0.628. The minimum atomic E-state index is -0.213. The molecule has 1 amide bonds. The standard InChI is InChI=1S/C13H17N7O2/c1-19-17-12(16-18-19)9-15-13(21)10-6-11(8-14-7-10)20-2-4-22-5-3-20/h6-8H,2-5,9H2,1H3,(H,15,21). The maximum absolute atomic E-state index is 12.2. The number of carbonyl (C=O) groups is 1. The number of anilines is 1. The lowest BCUT2D eigenvalue weighted by molar-refractivity contribution is 0.0949. The second kappa shape index (κ2) is 6.48. The van der Waals surface area contributed by atoms with Crippen LogP contribution >= 0.6 is 0 Å². The maximum Gasteiger partial charge on any atom is 0.253 e. The van der Waals surface area contributed by atoms with E-state index in [-0.39, 0.29) is 12.5 Å². The Labute approximate surface area is 127 Å². The Kier molecular flexibility index (Phi) is 4.24. The molecule has 0 unspecified atom stereocenters. The molecule has 22 heavy (non-hydrogen) atoms. The number of amides is 1. The van der Waals surface area contributed by atoms with Gasteiger partial charge in [0.25, 0.3) is 5.91 Å². The molecule has 0 aliphatic carbocycles. The van der Waals surface area contributed by atoms with Gasteiger partial charge in [0.2, 0.25) is 0 Å². The molecule has 1 N–H and O–H groups in total. The van der Waals surface area contributed by atoms with Gasteiger partial charge in [0.15, 0.2) is 5.82 Å². The van der Waals surface area contributed by atoms with Crippen molar-refractivity contribution < 1.29 is 9.53 Å². The highest BCUT2D eigenvalue weighted by Crippen LogP contribution is 2.16. The SMILES string of the molecule is Cn1nnc(CNC(=O)c2cncc(N3CCOCC3)c2)n1. The molecule has 0 saturated carbocycles. The van der Waals surface area contributed by atoms with Gasteiger partial charge in [0, 0.05) is 19.3 Å². The Bertz CT molecular complexity index is 651. The maximum atomic E-state index is 12.2. The van der Waals surface area contributed by atoms with Crippen LogP contribution in [0.15, 0.2) is 18.5 Å². The average molecular weight is 303 g/mol. The molecule has 0 bridgehead atoms. The van der Waals surface area contributed by atoms with E-state index < -0.39 is 0 Å². The summed E-state index contributed by atoms with van der Waals surface area (Å²) in [4.78, 5) is 19.8. The lowest BCUT2D eigenvalue weighted by Crippen LogP contribution is -2.36. The highest BCUT2D eigenvalue weighted by Gasteiger charge is 2.14. The van der Waals surface area contributed by atoms with E-state index in [1.807, 2.05) is 6.07 Å². The Hall–Kier alpha value is -2.55. The smallest absolute Gasteiger partial charge is 0.253 e. The molecule has 1 aliphatic rings. The van der Waals surface area contributed by atoms with E-state index >= 15 is 0 Å². The molecule has 0 atom stereocenters. The van der Waals surface area contributed by atoms with Crippen molar-refractivity contribution in [2.45, 2.75) is 6.54 Å². The minimum absolute atomic E-state index is 0.213. The normalized spacial score (nSPS) is 14.9. The molecule has 1 fully saturated rings. The third kappa shape index (κ3) is 3.37. The van der Waals surface area contributed by atoms with Crippen molar-refractivity contribution in [2.75, 3.05) is 31.2 Å². The first-order valence-corrected chi connectivity index (χ1v) is 7.01. The Morgan fingerprint density at radius 3 is 2.91 bits per heavy atom. The lowest BCUT2D eigenvalue weighted by Gasteiger charge is -2.28. The van der Waals surface area contributed by atoms with Crippen LogP contribution in [0.25, 0.3) is 0 Å². The molecule has 1 aliphatic heterocycles. The van der Waals surface area contributed by atoms with Crippen molar-refractivity contribution in [1.29, 1.82) is 0 Å². The highest BCUT2D eigenvalue weighted by molar-refractivity contribution is 5.94. The van der Waals surface area contributed by atoms with Gasteiger partial charge in [-0.25, -0.2) is 0 Å². The van der Waals surface area contributed by atoms with E-state index in [0.717, 1.165) is 18.8 Å². The fraction of sp³-hybridized carbons (Fsp3) is 0.462. The molecule has 9 nitrogen and oxygen atoms in total. The molecular formula is C13H17N7O2. The highest BCUT2D eigenvalue weighted by atomic mass is 16.5. The predicted molar refractivity (Wildman–Crippen MR) is 77.2 cm³/mol. The number of hydrogen-bond acceptors (Lipinski definition) is 7. The van der Waals surface area contributed by atoms with Crippen molar-refractivity contribution in [3.05, 3.63) is 29.8 Å². The van der Waals surface area contributed by atoms with Crippen LogP contribution in [0.2, 0.25) is 0 Å². The fourth-order valence-corrected chi connectivity index (χ4v) is 2.20. The average Bonchev–Trinajstić information content (AvgIpc) is 2.99. The van der Waals surface area contributed by atoms with Crippen LogP contribution in [-0.4, -0.2) is 57.4 Å². The van der Waals surface area contributed by atoms with E-state index in [9.17, 15) is 4.79 Å². The number of tetrazole rings is 1. The van der Waals surface area contributed by atoms with Gasteiger partial charge in [-0.3, -0.25) is 9.78 Å². The molecule has 0 spiro atoms. The van der Waals surface area contributed by atoms with E-state index in [1.54, 1.807) is 19.4 Å². The number of aromatic nitrogens is 5. The number of aryl methyl sites for hydroxylation is 1. The minimum Gasteiger partial charge on any atom is -0.378 e. The van der Waals surface area contributed by atoms with Crippen LogP contribution in [0.5, 0.6) is 0 Å². The molecular weight excluding hydrogens is 286 g/mol. The first kappa shape index (κ1) is 14.4. The zero-order valence-corrected chi connectivity index (χ0v) is 12.3. The van der Waals surface area contributed by atoms with Gasteiger partial charge in [0.1, 0.15) is 0 Å². The van der Waals surface area contributed by atoms with Gasteiger partial charge < -0.3 is 15.0 Å². The van der Waals surface area contributed by atoms with E-state index in [1.165, 1.54) is 4.80 Å². The second-order valence-corrected chi connectivity index (χ2v) is 4.91. The molecule has 3 heterocycles. The first-order valence-electron chi connectivity index (χ1n) is 7.01. The molecule has 2 aromatic rings. The monoisotopic (exact) mass is 303 g/mol. The van der Waals surface area contributed by atoms with Gasteiger partial charge in [-0.1, -0.05) is 0 Å². The van der Waals surface area contributed by atoms with Gasteiger partial charge in [-0.05, 0) is 11.3 Å². The van der Waals surface area contributed by atoms with Crippen LogP contribution < -0.4 is 10.2 Å². The van der Waals surface area contributed by atoms with Crippen molar-refractivity contribution >= 4 is 11.6 Å². The van der Waals surface area contributed by atoms with Crippen molar-refractivity contribution in [1.82, 2.24) is 30.5 Å². The molecule has 116 valence electrons. The zero-order chi connectivity index (χ0) is 15.4. The molecule has 2 aromatic heterocycles. The summed E-state index contributed by atoms with van der Waals surface area (Å²) >= 11 is 0. The first-order chi connectivity index (χ1) is 10.7. The molecule has 3 rings (SSSR count). The summed E-state index contributed by atoms with van der Waals surface area (Å²) < 4.78 is 5.33. The van der Waals surface area contributed by atoms with Crippen LogP contribution in [0.4, 0.5) is 5.69 Å². The Balaban J connectivity index is 1.64. The summed E-state index contributed by atoms with van der Waals surface area (Å²) in [6, 6.07) is 1.83. The summed E-state index contributed by atoms with van der Waals surface area (Å²) in [6.07, 6.45) is 3.30. The molecule has 0 aromatic carbocycles. The molecule has 1 saturated heterocycles. The van der Waals surface area contributed by atoms with Gasteiger partial charge in [-0.15, -0.1) is 10.2 Å². The van der Waals surface area contributed by atoms with Crippen LogP contribution in [0, 0.1) is 0 Å². The number of nitrogens with zero attached hydrogens (tertiary/aromatic N) is 6. The number of pyridine rings is 1. The van der Waals surface area contributed by atoms with E-state index in [0.29, 0.717) is 24.6 Å². The Morgan fingerprint density at radius 1 is 1.36 bits per heavy atom. The summed E-state index contributed by atoms with van der Waals surface area (Å²) in [5.74, 6) is 0.253. The molecule has 0 radical (unpaired) electrons. The topological polar surface area (TPSA) is 98.1 Å².